The Balaban J connectivity index is 1.42. The van der Waals surface area contributed by atoms with Crippen LogP contribution in [-0.4, -0.2) is 22.1 Å². The fourth-order valence-corrected chi connectivity index (χ4v) is 3.85. The van der Waals surface area contributed by atoms with E-state index in [1.165, 1.54) is 0 Å². The van der Waals surface area contributed by atoms with E-state index >= 15 is 0 Å². The second-order valence-electron chi connectivity index (χ2n) is 8.02. The van der Waals surface area contributed by atoms with Crippen LogP contribution in [0.2, 0.25) is 0 Å². The summed E-state index contributed by atoms with van der Waals surface area (Å²) in [6, 6.07) is 23.7. The van der Waals surface area contributed by atoms with Crippen LogP contribution < -0.4 is 10.1 Å². The fraction of sp³-hybridized carbons (Fsp3) is 0.214. The van der Waals surface area contributed by atoms with Gasteiger partial charge in [0, 0.05) is 12.1 Å². The summed E-state index contributed by atoms with van der Waals surface area (Å²) in [6.07, 6.45) is 3.49. The maximum absolute atomic E-state index is 12.6. The summed E-state index contributed by atoms with van der Waals surface area (Å²) in [7, 11) is 0. The van der Waals surface area contributed by atoms with E-state index in [2.05, 4.69) is 28.6 Å². The number of carbonyl (C=O) groups excluding carboxylic acids is 1. The van der Waals surface area contributed by atoms with E-state index < -0.39 is 0 Å². The number of benzene rings is 3. The Hall–Kier alpha value is -3.86. The minimum atomic E-state index is -0.101. The molecule has 0 bridgehead atoms. The molecule has 5 heteroatoms. The quantitative estimate of drug-likeness (QED) is 0.263. The van der Waals surface area contributed by atoms with Crippen molar-refractivity contribution >= 4 is 16.9 Å². The number of hydrogen-bond donors (Lipinski definition) is 1. The summed E-state index contributed by atoms with van der Waals surface area (Å²) < 4.78 is 8.22. The van der Waals surface area contributed by atoms with Crippen molar-refractivity contribution < 1.29 is 9.53 Å². The van der Waals surface area contributed by atoms with Crippen LogP contribution in [0.25, 0.3) is 11.0 Å². The molecule has 1 N–H and O–H groups in total. The van der Waals surface area contributed by atoms with Crippen LogP contribution in [0.1, 0.15) is 33.7 Å². The van der Waals surface area contributed by atoms with Gasteiger partial charge in [0.25, 0.3) is 5.91 Å². The lowest BCUT2D eigenvalue weighted by molar-refractivity contribution is 0.0949. The number of amides is 1. The molecule has 1 aromatic heterocycles. The zero-order valence-corrected chi connectivity index (χ0v) is 19.0. The van der Waals surface area contributed by atoms with E-state index in [1.54, 1.807) is 0 Å². The molecule has 0 aliphatic heterocycles. The van der Waals surface area contributed by atoms with Crippen LogP contribution in [0.4, 0.5) is 0 Å². The van der Waals surface area contributed by atoms with Gasteiger partial charge in [-0.25, -0.2) is 4.98 Å². The van der Waals surface area contributed by atoms with Gasteiger partial charge in [-0.15, -0.1) is 6.58 Å². The molecule has 0 aliphatic rings. The first kappa shape index (κ1) is 22.3. The first-order valence-electron chi connectivity index (χ1n) is 11.3. The molecule has 5 nitrogen and oxygen atoms in total. The number of nitrogens with zero attached hydrogens (tertiary/aromatic N) is 2. The maximum atomic E-state index is 12.6. The SMILES string of the molecule is C=CCc1ccccc1OCCCn1c(CNC(=O)c2ccc(C)cc2)nc2ccccc21. The van der Waals surface area contributed by atoms with E-state index in [1.807, 2.05) is 73.7 Å². The lowest BCUT2D eigenvalue weighted by atomic mass is 10.1. The third-order valence-electron chi connectivity index (χ3n) is 5.57. The molecule has 4 rings (SSSR count). The minimum absolute atomic E-state index is 0.101. The van der Waals surface area contributed by atoms with Gasteiger partial charge in [0.15, 0.2) is 0 Å². The van der Waals surface area contributed by atoms with E-state index in [0.717, 1.165) is 53.1 Å². The van der Waals surface area contributed by atoms with Gasteiger partial charge in [-0.05, 0) is 55.7 Å². The van der Waals surface area contributed by atoms with Crippen molar-refractivity contribution in [3.05, 3.63) is 108 Å². The standard InChI is InChI=1S/C28H29N3O2/c1-3-9-22-10-4-7-13-26(22)33-19-8-18-31-25-12-6-5-11-24(25)30-27(31)20-29-28(32)23-16-14-21(2)15-17-23/h3-7,10-17H,1,8-9,18-20H2,2H3,(H,29,32). The second-order valence-corrected chi connectivity index (χ2v) is 8.02. The molecular weight excluding hydrogens is 410 g/mol. The lowest BCUT2D eigenvalue weighted by Gasteiger charge is -2.13. The monoisotopic (exact) mass is 439 g/mol. The smallest absolute Gasteiger partial charge is 0.251 e. The predicted octanol–water partition coefficient (Wildman–Crippen LogP) is 5.47. The van der Waals surface area contributed by atoms with Crippen LogP contribution >= 0.6 is 0 Å². The molecule has 0 saturated carbocycles. The molecule has 1 amide bonds. The van der Waals surface area contributed by atoms with Gasteiger partial charge in [-0.3, -0.25) is 4.79 Å². The first-order chi connectivity index (χ1) is 16.2. The topological polar surface area (TPSA) is 56.1 Å². The fourth-order valence-electron chi connectivity index (χ4n) is 3.85. The van der Waals surface area contributed by atoms with Crippen molar-refractivity contribution in [1.82, 2.24) is 14.9 Å². The molecule has 0 unspecified atom stereocenters. The normalized spacial score (nSPS) is 10.8. The number of imidazole rings is 1. The summed E-state index contributed by atoms with van der Waals surface area (Å²) in [5.74, 6) is 1.64. The van der Waals surface area contributed by atoms with Crippen molar-refractivity contribution in [2.24, 2.45) is 0 Å². The Labute approximate surface area is 194 Å². The van der Waals surface area contributed by atoms with Gasteiger partial charge in [0.05, 0.1) is 24.2 Å². The average molecular weight is 440 g/mol. The number of nitrogens with one attached hydrogen (secondary N) is 1. The molecule has 0 spiro atoms. The number of allylic oxidation sites excluding steroid dienone is 1. The molecule has 0 aliphatic carbocycles. The van der Waals surface area contributed by atoms with Gasteiger partial charge in [0.1, 0.15) is 11.6 Å². The van der Waals surface area contributed by atoms with Crippen molar-refractivity contribution in [3.63, 3.8) is 0 Å². The van der Waals surface area contributed by atoms with Gasteiger partial charge in [-0.2, -0.15) is 0 Å². The number of aromatic nitrogens is 2. The van der Waals surface area contributed by atoms with Gasteiger partial charge in [0.2, 0.25) is 0 Å². The van der Waals surface area contributed by atoms with Crippen LogP contribution in [-0.2, 0) is 19.5 Å². The molecule has 0 fully saturated rings. The zero-order chi connectivity index (χ0) is 23.0. The molecule has 0 saturated heterocycles. The Morgan fingerprint density at radius 2 is 1.82 bits per heavy atom. The van der Waals surface area contributed by atoms with Crippen molar-refractivity contribution in [2.75, 3.05) is 6.61 Å². The molecule has 0 radical (unpaired) electrons. The van der Waals surface area contributed by atoms with E-state index in [9.17, 15) is 4.79 Å². The van der Waals surface area contributed by atoms with Gasteiger partial charge < -0.3 is 14.6 Å². The number of para-hydroxylation sites is 3. The molecule has 168 valence electrons. The van der Waals surface area contributed by atoms with Crippen molar-refractivity contribution in [2.45, 2.75) is 32.9 Å². The van der Waals surface area contributed by atoms with Crippen molar-refractivity contribution in [1.29, 1.82) is 0 Å². The first-order valence-corrected chi connectivity index (χ1v) is 11.3. The predicted molar refractivity (Wildman–Crippen MR) is 133 cm³/mol. The summed E-state index contributed by atoms with van der Waals surface area (Å²) in [5.41, 5.74) is 4.90. The molecule has 33 heavy (non-hydrogen) atoms. The number of fused-ring (bicyclic) bond motifs is 1. The maximum Gasteiger partial charge on any atom is 0.251 e. The van der Waals surface area contributed by atoms with E-state index in [0.29, 0.717) is 18.7 Å². The highest BCUT2D eigenvalue weighted by Gasteiger charge is 2.12. The Bertz CT molecular complexity index is 1240. The minimum Gasteiger partial charge on any atom is -0.493 e. The van der Waals surface area contributed by atoms with Gasteiger partial charge >= 0.3 is 0 Å². The Kier molecular flexibility index (Phi) is 7.20. The number of carbonyl (C=O) groups is 1. The molecular formula is C28H29N3O2. The Morgan fingerprint density at radius 1 is 1.06 bits per heavy atom. The number of rotatable bonds is 10. The number of ether oxygens (including phenoxy) is 1. The van der Waals surface area contributed by atoms with Crippen LogP contribution in [0.5, 0.6) is 5.75 Å². The molecule has 4 aromatic rings. The lowest BCUT2D eigenvalue weighted by Crippen LogP contribution is -2.25. The molecule has 3 aromatic carbocycles. The Morgan fingerprint density at radius 3 is 2.64 bits per heavy atom. The van der Waals surface area contributed by atoms with E-state index in [-0.39, 0.29) is 5.91 Å². The number of hydrogen-bond acceptors (Lipinski definition) is 3. The molecule has 1 heterocycles. The summed E-state index contributed by atoms with van der Waals surface area (Å²) in [4.78, 5) is 17.3. The highest BCUT2D eigenvalue weighted by Crippen LogP contribution is 2.20. The van der Waals surface area contributed by atoms with Crippen LogP contribution in [0, 0.1) is 6.92 Å². The summed E-state index contributed by atoms with van der Waals surface area (Å²) >= 11 is 0. The third-order valence-corrected chi connectivity index (χ3v) is 5.57. The van der Waals surface area contributed by atoms with Crippen LogP contribution in [0.3, 0.4) is 0 Å². The largest absolute Gasteiger partial charge is 0.493 e. The molecule has 0 atom stereocenters. The second kappa shape index (κ2) is 10.6. The van der Waals surface area contributed by atoms with Crippen molar-refractivity contribution in [3.8, 4) is 5.75 Å². The van der Waals surface area contributed by atoms with Gasteiger partial charge in [-0.1, -0.05) is 54.1 Å². The number of aryl methyl sites for hydroxylation is 2. The summed E-state index contributed by atoms with van der Waals surface area (Å²) in [6.45, 7) is 7.54. The van der Waals surface area contributed by atoms with Crippen LogP contribution in [0.15, 0.2) is 85.5 Å². The highest BCUT2D eigenvalue weighted by molar-refractivity contribution is 5.94. The van der Waals surface area contributed by atoms with E-state index in [4.69, 9.17) is 9.72 Å². The summed E-state index contributed by atoms with van der Waals surface area (Å²) in [5, 5.41) is 3.01. The third kappa shape index (κ3) is 5.50. The highest BCUT2D eigenvalue weighted by atomic mass is 16.5. The average Bonchev–Trinajstić information content (AvgIpc) is 3.19. The zero-order valence-electron chi connectivity index (χ0n) is 19.0.